The van der Waals surface area contributed by atoms with Gasteiger partial charge in [-0.25, -0.2) is 0 Å². The fraction of sp³-hybridized carbons (Fsp3) is 0.487. The molecule has 4 aromatic carbocycles. The third-order valence-electron chi connectivity index (χ3n) is 16.6. The molecule has 2 N–H and O–H groups in total. The van der Waals surface area contributed by atoms with E-state index in [1.54, 1.807) is 54.0 Å². The van der Waals surface area contributed by atoms with E-state index in [1.165, 1.54) is 6.26 Å². The van der Waals surface area contributed by atoms with E-state index in [-0.39, 0.29) is 75.8 Å². The van der Waals surface area contributed by atoms with Gasteiger partial charge in [-0.15, -0.1) is 0 Å². The Hall–Kier alpha value is -7.67. The largest absolute Gasteiger partial charge is 0.493 e. The zero-order chi connectivity index (χ0) is 73.0. The van der Waals surface area contributed by atoms with Crippen molar-refractivity contribution >= 4 is 78.9 Å². The van der Waals surface area contributed by atoms with Gasteiger partial charge in [0.05, 0.1) is 77.9 Å². The van der Waals surface area contributed by atoms with Crippen LogP contribution in [0.5, 0.6) is 23.0 Å². The minimum atomic E-state index is -2.54. The number of carboxylic acid groups (broad SMARTS) is 1. The molecule has 20 nitrogen and oxygen atoms in total. The Morgan fingerprint density at radius 2 is 0.800 bits per heavy atom. The lowest BCUT2D eigenvalue weighted by molar-refractivity contribution is -0.136. The van der Waals surface area contributed by atoms with E-state index < -0.39 is 26.5 Å². The predicted octanol–water partition coefficient (Wildman–Crippen LogP) is 14.2. The molecular weight excluding hydrogens is 1350 g/mol. The molecule has 2 unspecified atom stereocenters. The number of hydrogen-bond acceptors (Lipinski definition) is 21. The minimum absolute atomic E-state index is 0.0337. The van der Waals surface area contributed by atoms with Gasteiger partial charge in [0.15, 0.2) is 34.6 Å². The molecule has 100 heavy (non-hydrogen) atoms. The van der Waals surface area contributed by atoms with Crippen molar-refractivity contribution in [2.45, 2.75) is 139 Å². The molecule has 0 aliphatic heterocycles. The maximum absolute atomic E-state index is 12.5. The van der Waals surface area contributed by atoms with Gasteiger partial charge in [0.1, 0.15) is 41.2 Å². The Morgan fingerprint density at radius 1 is 0.500 bits per heavy atom. The third-order valence-corrected chi connectivity index (χ3v) is 19.4. The van der Waals surface area contributed by atoms with Gasteiger partial charge >= 0.3 is 5.97 Å². The van der Waals surface area contributed by atoms with Gasteiger partial charge in [0, 0.05) is 95.9 Å². The van der Waals surface area contributed by atoms with Crippen molar-refractivity contribution in [3.63, 3.8) is 0 Å². The van der Waals surface area contributed by atoms with E-state index in [4.69, 9.17) is 42.4 Å². The number of ketones is 5. The number of carbonyl (C=O) groups excluding carboxylic acids is 5. The number of carboxylic acids is 1. The van der Waals surface area contributed by atoms with E-state index >= 15 is 0 Å². The van der Waals surface area contributed by atoms with Crippen molar-refractivity contribution in [1.82, 2.24) is 15.5 Å². The fourth-order valence-corrected chi connectivity index (χ4v) is 13.2. The smallest absolute Gasteiger partial charge is 0.307 e. The Bertz CT molecular complexity index is 4040. The zero-order valence-electron chi connectivity index (χ0n) is 59.6. The normalized spacial score (nSPS) is 16.9. The number of ether oxygens (including phenoxy) is 4. The van der Waals surface area contributed by atoms with Gasteiger partial charge in [-0.05, 0) is 124 Å². The van der Waals surface area contributed by atoms with Crippen LogP contribution in [0.4, 0.5) is 0 Å². The molecule has 2 atom stereocenters. The van der Waals surface area contributed by atoms with E-state index in [1.807, 2.05) is 92.9 Å². The highest BCUT2D eigenvalue weighted by Crippen LogP contribution is 2.40. The van der Waals surface area contributed by atoms with Crippen LogP contribution in [-0.2, 0) is 79.9 Å². The number of fused-ring (bicyclic) bond motifs is 3. The summed E-state index contributed by atoms with van der Waals surface area (Å²) >= 11 is 3.49. The summed E-state index contributed by atoms with van der Waals surface area (Å²) in [6, 6.07) is 30.2. The van der Waals surface area contributed by atoms with E-state index in [2.05, 4.69) is 63.3 Å². The molecule has 7 aromatic rings. The number of benzene rings is 4. The van der Waals surface area contributed by atoms with Crippen molar-refractivity contribution < 1.29 is 74.8 Å². The summed E-state index contributed by atoms with van der Waals surface area (Å²) in [7, 11) is -3.39. The molecule has 4 aliphatic rings. The number of aromatic nitrogens is 3. The summed E-state index contributed by atoms with van der Waals surface area (Å²) in [5.74, 6) is 7.42. The molecule has 4 aliphatic carbocycles. The molecule has 0 amide bonds. The lowest BCUT2D eigenvalue weighted by Crippen LogP contribution is -2.28. The van der Waals surface area contributed by atoms with Gasteiger partial charge in [0.25, 0.3) is 0 Å². The molecule has 0 radical (unpaired) electrons. The van der Waals surface area contributed by atoms with Crippen molar-refractivity contribution in [3.05, 3.63) is 170 Å². The minimum Gasteiger partial charge on any atom is -0.493 e. The zero-order valence-corrected chi connectivity index (χ0v) is 62.9. The Labute approximate surface area is 598 Å². The van der Waals surface area contributed by atoms with E-state index in [9.17, 15) is 37.2 Å². The highest BCUT2D eigenvalue weighted by molar-refractivity contribution is 7.98. The van der Waals surface area contributed by atoms with Crippen molar-refractivity contribution in [1.29, 1.82) is 4.78 Å². The van der Waals surface area contributed by atoms with Gasteiger partial charge in [-0.1, -0.05) is 119 Å². The van der Waals surface area contributed by atoms with E-state index in [0.717, 1.165) is 87.4 Å². The summed E-state index contributed by atoms with van der Waals surface area (Å²) in [6.45, 7) is 18.5. The first-order valence-electron chi connectivity index (χ1n) is 33.3. The molecule has 0 saturated heterocycles. The number of rotatable bonds is 24. The lowest BCUT2D eigenvalue weighted by Gasteiger charge is -2.26. The second-order valence-electron chi connectivity index (χ2n) is 28.9. The summed E-state index contributed by atoms with van der Waals surface area (Å²) in [4.78, 5) is 69.5. The maximum atomic E-state index is 12.5. The molecule has 24 heteroatoms. The standard InChI is InChI=1S/C19H24N2O4S.C19H23NO4S.C19H23NO3S.C11H14O3S.C8H12O2/c1-19(2)11-15-18(16(22)12-19)17(25-21-15)10-13-4-6-14(7-5-13)24-8-9-26(3,20)23;1-19(2)11-15-18(16(21)12-19)17(24-20-15)10-13-4-6-14(7-5-13)23-8-9-25(3)22;1-19(2)11-15-18(16(21)12-19)17(23-20-15)10-13-4-6-14(7-5-13)22-8-9-24-3;1-15-7-6-14-10-4-2-9(3-5-10)8-11(12)13;1-8(2)4-6(9)3-7(10)5-8/h4-7,20H,8-12H2,1-3H3;4-7H,8-12H2,1-3H3;4-7H,8-12H2,1-3H3;2-5H,6-8H2,1H3,(H,12,13);3-5H2,1-2H3. The summed E-state index contributed by atoms with van der Waals surface area (Å²) in [5.41, 5.74) is 8.04. The van der Waals surface area contributed by atoms with Gasteiger partial charge in [-0.2, -0.15) is 23.5 Å². The molecule has 1 fully saturated rings. The monoisotopic (exact) mass is 1450 g/mol. The number of Topliss-reactive ketones (excluding diaryl/α,β-unsaturated/α-hetero) is 5. The van der Waals surface area contributed by atoms with Crippen LogP contribution in [0.25, 0.3) is 0 Å². The number of thioether (sulfide) groups is 2. The summed E-state index contributed by atoms with van der Waals surface area (Å²) in [5, 5.41) is 21.0. The Morgan fingerprint density at radius 3 is 1.09 bits per heavy atom. The maximum Gasteiger partial charge on any atom is 0.307 e. The topological polar surface area (TPSA) is 296 Å². The first kappa shape index (κ1) is 79.7. The lowest BCUT2D eigenvalue weighted by atomic mass is 9.75. The third kappa shape index (κ3) is 26.1. The Balaban J connectivity index is 0.000000181. The van der Waals surface area contributed by atoms with Crippen LogP contribution >= 0.6 is 23.5 Å². The van der Waals surface area contributed by atoms with Crippen LogP contribution in [0.2, 0.25) is 0 Å². The van der Waals surface area contributed by atoms with Crippen molar-refractivity contribution in [2.24, 2.45) is 21.7 Å². The first-order valence-corrected chi connectivity index (χ1v) is 40.0. The molecule has 1 saturated carbocycles. The molecule has 0 bridgehead atoms. The van der Waals surface area contributed by atoms with Crippen LogP contribution in [-0.4, -0.2) is 138 Å². The molecular formula is C76H96N4O16S4. The summed E-state index contributed by atoms with van der Waals surface area (Å²) < 4.78 is 68.3. The quantitative estimate of drug-likeness (QED) is 0.0419. The van der Waals surface area contributed by atoms with Gasteiger partial charge in [0.2, 0.25) is 0 Å². The van der Waals surface area contributed by atoms with Crippen LogP contribution in [0.15, 0.2) is 111 Å². The number of aliphatic carboxylic acids is 1. The van der Waals surface area contributed by atoms with Gasteiger partial charge in [-0.3, -0.25) is 42.0 Å². The highest BCUT2D eigenvalue weighted by atomic mass is 32.2. The molecule has 540 valence electrons. The molecule has 3 heterocycles. The highest BCUT2D eigenvalue weighted by Gasteiger charge is 2.39. The Kier molecular flexibility index (Phi) is 28.9. The molecule has 3 aromatic heterocycles. The van der Waals surface area contributed by atoms with Crippen LogP contribution < -0.4 is 18.9 Å². The summed E-state index contributed by atoms with van der Waals surface area (Å²) in [6.07, 6.45) is 14.0. The number of nitrogens with one attached hydrogen (secondary N) is 1. The van der Waals surface area contributed by atoms with Crippen LogP contribution in [0.3, 0.4) is 0 Å². The fourth-order valence-electron chi connectivity index (χ4n) is 12.0. The van der Waals surface area contributed by atoms with Gasteiger partial charge < -0.3 is 37.6 Å². The second kappa shape index (κ2) is 36.3. The number of hydrogen-bond donors (Lipinski definition) is 2. The first-order chi connectivity index (χ1) is 47.2. The number of carbonyl (C=O) groups is 6. The number of nitrogens with zero attached hydrogens (tertiary/aromatic N) is 3. The average Bonchev–Trinajstić information content (AvgIpc) is 1.56. The van der Waals surface area contributed by atoms with Crippen LogP contribution in [0.1, 0.15) is 182 Å². The van der Waals surface area contributed by atoms with E-state index in [0.29, 0.717) is 117 Å². The molecule has 11 rings (SSSR count). The van der Waals surface area contributed by atoms with Crippen molar-refractivity contribution in [2.75, 3.05) is 74.5 Å². The average molecular weight is 1450 g/mol. The predicted molar refractivity (Wildman–Crippen MR) is 391 cm³/mol. The van der Waals surface area contributed by atoms with Crippen molar-refractivity contribution in [3.8, 4) is 23.0 Å². The molecule has 0 spiro atoms. The second-order valence-corrected chi connectivity index (χ2v) is 34.9. The SMILES string of the molecule is CC1(C)CC(=O)CC(=O)C1.CC1(C)CC(=O)c2c(noc2Cc2ccc(OCCS(C)(=N)=O)cc2)C1.CS(=O)CCOc1ccc(Cc2onc3c2C(=O)CC(C)(C)C3)cc1.CSCCOc1ccc(CC(=O)O)cc1.CSCCOc1ccc(Cc2onc3c2C(=O)CC(C)(C)C3)cc1. The van der Waals surface area contributed by atoms with Crippen LogP contribution in [0, 0.1) is 26.4 Å².